The summed E-state index contributed by atoms with van der Waals surface area (Å²) in [4.78, 5) is 13.4. The summed E-state index contributed by atoms with van der Waals surface area (Å²) in [5.74, 6) is 0.567. The first-order valence-electron chi connectivity index (χ1n) is 7.42. The predicted octanol–water partition coefficient (Wildman–Crippen LogP) is 3.91. The van der Waals surface area contributed by atoms with Crippen molar-refractivity contribution in [2.45, 2.75) is 58.1 Å². The van der Waals surface area contributed by atoms with Crippen LogP contribution in [-0.4, -0.2) is 18.1 Å². The molecule has 0 saturated heterocycles. The van der Waals surface area contributed by atoms with Gasteiger partial charge in [0.2, 0.25) is 5.91 Å². The molecule has 0 aromatic carbocycles. The Kier molecular flexibility index (Phi) is 5.22. The lowest BCUT2D eigenvalue weighted by molar-refractivity contribution is -0.131. The Hall–Kier alpha value is -0.870. The Morgan fingerprint density at radius 1 is 1.45 bits per heavy atom. The van der Waals surface area contributed by atoms with E-state index in [1.807, 2.05) is 20.8 Å². The summed E-state index contributed by atoms with van der Waals surface area (Å²) in [6, 6.07) is 4.34. The maximum atomic E-state index is 12.1. The van der Waals surface area contributed by atoms with Gasteiger partial charge in [0.1, 0.15) is 6.61 Å². The average molecular weight is 295 g/mol. The Labute approximate surface area is 125 Å². The van der Waals surface area contributed by atoms with Crippen LogP contribution in [0, 0.1) is 5.92 Å². The van der Waals surface area contributed by atoms with E-state index in [4.69, 9.17) is 4.74 Å². The molecule has 1 fully saturated rings. The van der Waals surface area contributed by atoms with Gasteiger partial charge >= 0.3 is 0 Å². The van der Waals surface area contributed by atoms with E-state index < -0.39 is 0 Å². The molecule has 1 aromatic rings. The SMILES string of the molecule is CC(C)(C)OCC(=O)NC(c1cccs1)C1CCCC1. The Morgan fingerprint density at radius 3 is 2.70 bits per heavy atom. The van der Waals surface area contributed by atoms with Crippen molar-refractivity contribution in [1.82, 2.24) is 5.32 Å². The number of carbonyl (C=O) groups is 1. The van der Waals surface area contributed by atoms with Crippen LogP contribution in [-0.2, 0) is 9.53 Å². The molecule has 4 heteroatoms. The van der Waals surface area contributed by atoms with Gasteiger partial charge < -0.3 is 10.1 Å². The average Bonchev–Trinajstić information content (AvgIpc) is 3.05. The van der Waals surface area contributed by atoms with E-state index in [9.17, 15) is 4.79 Å². The smallest absolute Gasteiger partial charge is 0.246 e. The number of carbonyl (C=O) groups excluding carboxylic acids is 1. The fourth-order valence-electron chi connectivity index (χ4n) is 2.68. The first-order chi connectivity index (χ1) is 9.46. The van der Waals surface area contributed by atoms with Crippen LogP contribution in [0.2, 0.25) is 0 Å². The fourth-order valence-corrected chi connectivity index (χ4v) is 3.55. The van der Waals surface area contributed by atoms with Crippen molar-refractivity contribution in [3.63, 3.8) is 0 Å². The maximum absolute atomic E-state index is 12.1. The number of nitrogens with one attached hydrogen (secondary N) is 1. The van der Waals surface area contributed by atoms with Gasteiger partial charge in [-0.3, -0.25) is 4.79 Å². The molecule has 1 aromatic heterocycles. The Balaban J connectivity index is 1.95. The Morgan fingerprint density at radius 2 is 2.15 bits per heavy atom. The van der Waals surface area contributed by atoms with E-state index in [0.29, 0.717) is 5.92 Å². The molecule has 1 aliphatic carbocycles. The van der Waals surface area contributed by atoms with Gasteiger partial charge in [-0.2, -0.15) is 0 Å². The van der Waals surface area contributed by atoms with Crippen LogP contribution in [0.25, 0.3) is 0 Å². The number of hydrogen-bond acceptors (Lipinski definition) is 3. The zero-order chi connectivity index (χ0) is 14.6. The molecule has 112 valence electrons. The predicted molar refractivity (Wildman–Crippen MR) is 82.9 cm³/mol. The Bertz CT molecular complexity index is 416. The van der Waals surface area contributed by atoms with E-state index in [1.165, 1.54) is 30.6 Å². The first kappa shape index (κ1) is 15.5. The molecule has 0 aliphatic heterocycles. The fraction of sp³-hybridized carbons (Fsp3) is 0.688. The molecule has 0 radical (unpaired) electrons. The molecule has 1 atom stereocenters. The zero-order valence-corrected chi connectivity index (χ0v) is 13.5. The van der Waals surface area contributed by atoms with Crippen molar-refractivity contribution >= 4 is 17.2 Å². The van der Waals surface area contributed by atoms with E-state index in [-0.39, 0.29) is 24.2 Å². The highest BCUT2D eigenvalue weighted by Crippen LogP contribution is 2.37. The lowest BCUT2D eigenvalue weighted by Gasteiger charge is -2.25. The maximum Gasteiger partial charge on any atom is 0.246 e. The van der Waals surface area contributed by atoms with E-state index in [1.54, 1.807) is 11.3 Å². The van der Waals surface area contributed by atoms with Gasteiger partial charge in [-0.25, -0.2) is 0 Å². The summed E-state index contributed by atoms with van der Waals surface area (Å²) in [5, 5.41) is 5.26. The molecule has 1 unspecified atom stereocenters. The molecular formula is C16H25NO2S. The van der Waals surface area contributed by atoms with Crippen molar-refractivity contribution in [3.8, 4) is 0 Å². The number of thiophene rings is 1. The van der Waals surface area contributed by atoms with Crippen LogP contribution in [0.15, 0.2) is 17.5 Å². The monoisotopic (exact) mass is 295 g/mol. The van der Waals surface area contributed by atoms with Gasteiger partial charge in [-0.05, 0) is 51.0 Å². The minimum Gasteiger partial charge on any atom is -0.366 e. The van der Waals surface area contributed by atoms with Gasteiger partial charge in [-0.1, -0.05) is 18.9 Å². The second kappa shape index (κ2) is 6.72. The van der Waals surface area contributed by atoms with E-state index in [0.717, 1.165) is 0 Å². The highest BCUT2D eigenvalue weighted by atomic mass is 32.1. The van der Waals surface area contributed by atoms with Crippen LogP contribution < -0.4 is 5.32 Å². The summed E-state index contributed by atoms with van der Waals surface area (Å²) in [7, 11) is 0. The summed E-state index contributed by atoms with van der Waals surface area (Å²) in [6.07, 6.45) is 4.98. The molecule has 1 heterocycles. The highest BCUT2D eigenvalue weighted by Gasteiger charge is 2.28. The topological polar surface area (TPSA) is 38.3 Å². The van der Waals surface area contributed by atoms with Crippen LogP contribution in [0.4, 0.5) is 0 Å². The molecule has 1 amide bonds. The summed E-state index contributed by atoms with van der Waals surface area (Å²) in [6.45, 7) is 6.04. The summed E-state index contributed by atoms with van der Waals surface area (Å²) < 4.78 is 5.56. The van der Waals surface area contributed by atoms with Crippen molar-refractivity contribution in [2.24, 2.45) is 5.92 Å². The molecule has 1 N–H and O–H groups in total. The van der Waals surface area contributed by atoms with E-state index >= 15 is 0 Å². The lowest BCUT2D eigenvalue weighted by atomic mass is 9.96. The van der Waals surface area contributed by atoms with Crippen LogP contribution >= 0.6 is 11.3 Å². The summed E-state index contributed by atoms with van der Waals surface area (Å²) >= 11 is 1.73. The van der Waals surface area contributed by atoms with Gasteiger partial charge in [0.25, 0.3) is 0 Å². The van der Waals surface area contributed by atoms with Gasteiger partial charge in [0.15, 0.2) is 0 Å². The third kappa shape index (κ3) is 4.60. The van der Waals surface area contributed by atoms with Crippen molar-refractivity contribution in [1.29, 1.82) is 0 Å². The quantitative estimate of drug-likeness (QED) is 0.894. The van der Waals surface area contributed by atoms with Crippen molar-refractivity contribution < 1.29 is 9.53 Å². The second-order valence-corrected chi connectivity index (χ2v) is 7.49. The molecule has 0 spiro atoms. The largest absolute Gasteiger partial charge is 0.366 e. The minimum absolute atomic E-state index is 0.00905. The molecule has 1 aliphatic rings. The number of rotatable bonds is 5. The van der Waals surface area contributed by atoms with Crippen LogP contribution in [0.5, 0.6) is 0 Å². The molecule has 0 bridgehead atoms. The van der Waals surface area contributed by atoms with Gasteiger partial charge in [0.05, 0.1) is 11.6 Å². The van der Waals surface area contributed by atoms with Gasteiger partial charge in [0, 0.05) is 4.88 Å². The van der Waals surface area contributed by atoms with Crippen molar-refractivity contribution in [2.75, 3.05) is 6.61 Å². The number of ether oxygens (including phenoxy) is 1. The molecule has 3 nitrogen and oxygen atoms in total. The minimum atomic E-state index is -0.275. The molecular weight excluding hydrogens is 270 g/mol. The third-order valence-corrected chi connectivity index (χ3v) is 4.63. The number of amides is 1. The third-order valence-electron chi connectivity index (χ3n) is 3.67. The lowest BCUT2D eigenvalue weighted by Crippen LogP contribution is -2.36. The van der Waals surface area contributed by atoms with E-state index in [2.05, 4.69) is 22.8 Å². The molecule has 20 heavy (non-hydrogen) atoms. The molecule has 1 saturated carbocycles. The standard InChI is InChI=1S/C16H25NO2S/c1-16(2,3)19-11-14(18)17-15(12-7-4-5-8-12)13-9-6-10-20-13/h6,9-10,12,15H,4-5,7-8,11H2,1-3H3,(H,17,18). The molecule has 2 rings (SSSR count). The summed E-state index contributed by atoms with van der Waals surface area (Å²) in [5.41, 5.74) is -0.275. The first-order valence-corrected chi connectivity index (χ1v) is 8.30. The highest BCUT2D eigenvalue weighted by molar-refractivity contribution is 7.10. The number of hydrogen-bond donors (Lipinski definition) is 1. The van der Waals surface area contributed by atoms with Crippen LogP contribution in [0.3, 0.4) is 0 Å². The van der Waals surface area contributed by atoms with Crippen molar-refractivity contribution in [3.05, 3.63) is 22.4 Å². The second-order valence-electron chi connectivity index (χ2n) is 6.51. The van der Waals surface area contributed by atoms with Gasteiger partial charge in [-0.15, -0.1) is 11.3 Å². The zero-order valence-electron chi connectivity index (χ0n) is 12.6. The van der Waals surface area contributed by atoms with Crippen LogP contribution in [0.1, 0.15) is 57.4 Å². The normalized spacial score (nSPS) is 18.1.